The van der Waals surface area contributed by atoms with E-state index >= 15 is 0 Å². The summed E-state index contributed by atoms with van der Waals surface area (Å²) in [6.45, 7) is 1.86. The van der Waals surface area contributed by atoms with Crippen LogP contribution in [0, 0.1) is 0 Å². The molecule has 1 aliphatic rings. The predicted molar refractivity (Wildman–Crippen MR) is 74.8 cm³/mol. The summed E-state index contributed by atoms with van der Waals surface area (Å²) in [7, 11) is 1.90. The lowest BCUT2D eigenvalue weighted by Crippen LogP contribution is -2.18. The normalized spacial score (nSPS) is 14.8. The highest BCUT2D eigenvalue weighted by molar-refractivity contribution is 5.33. The Balaban J connectivity index is 1.49. The van der Waals surface area contributed by atoms with Crippen molar-refractivity contribution in [2.45, 2.75) is 31.7 Å². The molecular formula is C15H20N4. The fourth-order valence-corrected chi connectivity index (χ4v) is 2.41. The molecule has 0 bridgehead atoms. The molecule has 1 aromatic carbocycles. The Kier molecular flexibility index (Phi) is 3.60. The maximum atomic E-state index is 4.28. The average molecular weight is 256 g/mol. The molecule has 0 amide bonds. The molecule has 0 radical (unpaired) electrons. The van der Waals surface area contributed by atoms with Gasteiger partial charge in [0.15, 0.2) is 5.82 Å². The van der Waals surface area contributed by atoms with Crippen molar-refractivity contribution >= 4 is 0 Å². The van der Waals surface area contributed by atoms with Gasteiger partial charge in [0.1, 0.15) is 6.33 Å². The Labute approximate surface area is 113 Å². The second kappa shape index (κ2) is 5.53. The lowest BCUT2D eigenvalue weighted by Gasteiger charge is -2.09. The number of aryl methyl sites for hydroxylation is 1. The number of nitrogens with zero attached hydrogens (tertiary/aromatic N) is 3. The zero-order chi connectivity index (χ0) is 13.1. The molecule has 1 heterocycles. The molecule has 2 aromatic rings. The van der Waals surface area contributed by atoms with Crippen molar-refractivity contribution < 1.29 is 0 Å². The van der Waals surface area contributed by atoms with Crippen LogP contribution in [-0.4, -0.2) is 21.3 Å². The van der Waals surface area contributed by atoms with Crippen LogP contribution in [0.2, 0.25) is 0 Å². The van der Waals surface area contributed by atoms with Crippen molar-refractivity contribution in [2.75, 3.05) is 6.54 Å². The van der Waals surface area contributed by atoms with Crippen LogP contribution >= 0.6 is 0 Å². The van der Waals surface area contributed by atoms with Gasteiger partial charge in [-0.1, -0.05) is 24.3 Å². The van der Waals surface area contributed by atoms with Crippen LogP contribution in [0.1, 0.15) is 35.7 Å². The Hall–Kier alpha value is -1.68. The predicted octanol–water partition coefficient (Wildman–Crippen LogP) is 2.02. The summed E-state index contributed by atoms with van der Waals surface area (Å²) in [5.74, 6) is 1.72. The van der Waals surface area contributed by atoms with Gasteiger partial charge in [-0.3, -0.25) is 4.68 Å². The number of rotatable bonds is 6. The summed E-state index contributed by atoms with van der Waals surface area (Å²) in [5.41, 5.74) is 2.98. The highest BCUT2D eigenvalue weighted by Crippen LogP contribution is 2.41. The molecule has 1 N–H and O–H groups in total. The molecular weight excluding hydrogens is 236 g/mol. The molecule has 0 atom stereocenters. The summed E-state index contributed by atoms with van der Waals surface area (Å²) in [6.07, 6.45) is 5.34. The van der Waals surface area contributed by atoms with Crippen molar-refractivity contribution in [1.82, 2.24) is 20.1 Å². The topological polar surface area (TPSA) is 42.7 Å². The molecule has 1 fully saturated rings. The minimum atomic E-state index is 0.815. The molecule has 1 aromatic heterocycles. The monoisotopic (exact) mass is 256 g/mol. The molecule has 19 heavy (non-hydrogen) atoms. The summed E-state index contributed by atoms with van der Waals surface area (Å²) < 4.78 is 1.75. The molecule has 100 valence electrons. The van der Waals surface area contributed by atoms with Gasteiger partial charge in [0.25, 0.3) is 0 Å². The van der Waals surface area contributed by atoms with Crippen LogP contribution in [0.5, 0.6) is 0 Å². The van der Waals surface area contributed by atoms with Gasteiger partial charge in [0, 0.05) is 26.6 Å². The SMILES string of the molecule is Cn1cnc(CCNCc2ccccc2C2CC2)n1. The highest BCUT2D eigenvalue weighted by atomic mass is 15.3. The van der Waals surface area contributed by atoms with Gasteiger partial charge in [-0.2, -0.15) is 5.10 Å². The second-order valence-corrected chi connectivity index (χ2v) is 5.23. The molecule has 1 saturated carbocycles. The number of hydrogen-bond acceptors (Lipinski definition) is 3. The standard InChI is InChI=1S/C15H20N4/c1-19-11-17-15(18-19)8-9-16-10-13-4-2-3-5-14(13)12-6-7-12/h2-5,11-12,16H,6-10H2,1H3. The van der Waals surface area contributed by atoms with Gasteiger partial charge in [0.2, 0.25) is 0 Å². The van der Waals surface area contributed by atoms with Crippen LogP contribution in [-0.2, 0) is 20.0 Å². The van der Waals surface area contributed by atoms with Gasteiger partial charge in [-0.15, -0.1) is 0 Å². The first-order chi connectivity index (χ1) is 9.33. The summed E-state index contributed by atoms with van der Waals surface area (Å²) in [4.78, 5) is 4.23. The van der Waals surface area contributed by atoms with Crippen LogP contribution < -0.4 is 5.32 Å². The number of benzene rings is 1. The van der Waals surface area contributed by atoms with Crippen molar-refractivity contribution in [2.24, 2.45) is 7.05 Å². The van der Waals surface area contributed by atoms with Crippen LogP contribution in [0.25, 0.3) is 0 Å². The summed E-state index contributed by atoms with van der Waals surface area (Å²) in [6, 6.07) is 8.78. The molecule has 4 nitrogen and oxygen atoms in total. The van der Waals surface area contributed by atoms with Crippen molar-refractivity contribution in [1.29, 1.82) is 0 Å². The minimum Gasteiger partial charge on any atom is -0.312 e. The Morgan fingerprint density at radius 3 is 2.89 bits per heavy atom. The van der Waals surface area contributed by atoms with E-state index in [0.29, 0.717) is 0 Å². The Bertz CT molecular complexity index is 543. The molecule has 0 saturated heterocycles. The average Bonchev–Trinajstić information content (AvgIpc) is 3.19. The molecule has 3 rings (SSSR count). The Morgan fingerprint density at radius 2 is 2.16 bits per heavy atom. The van der Waals surface area contributed by atoms with Gasteiger partial charge in [0.05, 0.1) is 0 Å². The van der Waals surface area contributed by atoms with Crippen molar-refractivity contribution in [3.63, 3.8) is 0 Å². The second-order valence-electron chi connectivity index (χ2n) is 5.23. The van der Waals surface area contributed by atoms with E-state index in [0.717, 1.165) is 31.3 Å². The molecule has 0 unspecified atom stereocenters. The van der Waals surface area contributed by atoms with Crippen molar-refractivity contribution in [3.05, 3.63) is 47.5 Å². The first-order valence-electron chi connectivity index (χ1n) is 6.96. The molecule has 0 aliphatic heterocycles. The summed E-state index contributed by atoms with van der Waals surface area (Å²) in [5, 5.41) is 7.77. The maximum absolute atomic E-state index is 4.28. The molecule has 0 spiro atoms. The highest BCUT2D eigenvalue weighted by Gasteiger charge is 2.25. The van der Waals surface area contributed by atoms with E-state index in [1.54, 1.807) is 11.0 Å². The van der Waals surface area contributed by atoms with Gasteiger partial charge >= 0.3 is 0 Å². The van der Waals surface area contributed by atoms with E-state index in [4.69, 9.17) is 0 Å². The van der Waals surface area contributed by atoms with Crippen LogP contribution in [0.15, 0.2) is 30.6 Å². The third kappa shape index (κ3) is 3.20. The van der Waals surface area contributed by atoms with E-state index in [9.17, 15) is 0 Å². The first-order valence-corrected chi connectivity index (χ1v) is 6.96. The van der Waals surface area contributed by atoms with Gasteiger partial charge in [-0.05, 0) is 29.9 Å². The fraction of sp³-hybridized carbons (Fsp3) is 0.467. The third-order valence-electron chi connectivity index (χ3n) is 3.56. The number of hydrogen-bond donors (Lipinski definition) is 1. The number of aromatic nitrogens is 3. The van der Waals surface area contributed by atoms with Crippen molar-refractivity contribution in [3.8, 4) is 0 Å². The largest absolute Gasteiger partial charge is 0.312 e. The quantitative estimate of drug-likeness (QED) is 0.804. The molecule has 4 heteroatoms. The fourth-order valence-electron chi connectivity index (χ4n) is 2.41. The maximum Gasteiger partial charge on any atom is 0.151 e. The Morgan fingerprint density at radius 1 is 1.32 bits per heavy atom. The van der Waals surface area contributed by atoms with Crippen LogP contribution in [0.4, 0.5) is 0 Å². The molecule has 1 aliphatic carbocycles. The smallest absolute Gasteiger partial charge is 0.151 e. The van der Waals surface area contributed by atoms with Gasteiger partial charge in [-0.25, -0.2) is 4.98 Å². The van der Waals surface area contributed by atoms with Crippen LogP contribution in [0.3, 0.4) is 0 Å². The zero-order valence-electron chi connectivity index (χ0n) is 11.3. The summed E-state index contributed by atoms with van der Waals surface area (Å²) >= 11 is 0. The van der Waals surface area contributed by atoms with E-state index in [1.807, 2.05) is 7.05 Å². The zero-order valence-corrected chi connectivity index (χ0v) is 11.3. The van der Waals surface area contributed by atoms with E-state index in [-0.39, 0.29) is 0 Å². The van der Waals surface area contributed by atoms with Gasteiger partial charge < -0.3 is 5.32 Å². The lowest BCUT2D eigenvalue weighted by atomic mass is 10.0. The number of nitrogens with one attached hydrogen (secondary N) is 1. The lowest BCUT2D eigenvalue weighted by molar-refractivity contribution is 0.658. The third-order valence-corrected chi connectivity index (χ3v) is 3.56. The van der Waals surface area contributed by atoms with E-state index in [2.05, 4.69) is 39.7 Å². The van der Waals surface area contributed by atoms with E-state index in [1.165, 1.54) is 24.0 Å². The minimum absolute atomic E-state index is 0.815. The van der Waals surface area contributed by atoms with E-state index < -0.39 is 0 Å². The first kappa shape index (κ1) is 12.4.